The highest BCUT2D eigenvalue weighted by Gasteiger charge is 2.46. The predicted octanol–water partition coefficient (Wildman–Crippen LogP) is 3.08. The number of carbonyl (C=O) groups excluding carboxylic acids is 2. The van der Waals surface area contributed by atoms with Gasteiger partial charge in [-0.1, -0.05) is 18.9 Å². The second kappa shape index (κ2) is 7.59. The first-order chi connectivity index (χ1) is 14.2. The van der Waals surface area contributed by atoms with Crippen LogP contribution in [0.1, 0.15) is 59.6 Å². The lowest BCUT2D eigenvalue weighted by molar-refractivity contribution is -0.138. The summed E-state index contributed by atoms with van der Waals surface area (Å²) in [7, 11) is 0. The summed E-state index contributed by atoms with van der Waals surface area (Å²) in [4.78, 5) is 31.5. The number of thiophene rings is 1. The number of nitrogens with zero attached hydrogens (tertiary/aromatic N) is 4. The third-order valence-corrected chi connectivity index (χ3v) is 7.92. The third kappa shape index (κ3) is 3.29. The fourth-order valence-electron chi connectivity index (χ4n) is 5.19. The van der Waals surface area contributed by atoms with E-state index in [1.165, 1.54) is 17.0 Å². The van der Waals surface area contributed by atoms with E-state index < -0.39 is 0 Å². The number of piperazine rings is 1. The Bertz CT molecular complexity index is 867. The van der Waals surface area contributed by atoms with E-state index in [1.807, 2.05) is 20.5 Å². The van der Waals surface area contributed by atoms with E-state index in [9.17, 15) is 9.59 Å². The molecule has 6 nitrogen and oxygen atoms in total. The second-order valence-electron chi connectivity index (χ2n) is 8.55. The first-order valence-electron chi connectivity index (χ1n) is 10.9. The maximum Gasteiger partial charge on any atom is 0.274 e. The first-order valence-corrected chi connectivity index (χ1v) is 11.7. The van der Waals surface area contributed by atoms with E-state index in [-0.39, 0.29) is 17.2 Å². The molecule has 0 N–H and O–H groups in total. The summed E-state index contributed by atoms with van der Waals surface area (Å²) < 4.78 is 1.99. The van der Waals surface area contributed by atoms with Gasteiger partial charge in [-0.2, -0.15) is 5.10 Å². The summed E-state index contributed by atoms with van der Waals surface area (Å²) in [6, 6.07) is 6.13. The van der Waals surface area contributed by atoms with E-state index in [0.717, 1.165) is 45.1 Å². The highest BCUT2D eigenvalue weighted by atomic mass is 32.1. The molecule has 2 aromatic rings. The molecule has 2 aliphatic heterocycles. The van der Waals surface area contributed by atoms with Crippen molar-refractivity contribution in [1.82, 2.24) is 19.6 Å². The van der Waals surface area contributed by atoms with Crippen molar-refractivity contribution in [3.63, 3.8) is 0 Å². The average molecular weight is 413 g/mol. The smallest absolute Gasteiger partial charge is 0.274 e. The second-order valence-corrected chi connectivity index (χ2v) is 9.50. The van der Waals surface area contributed by atoms with Crippen molar-refractivity contribution in [3.05, 3.63) is 39.8 Å². The number of hydrogen-bond acceptors (Lipinski definition) is 4. The number of hydrogen-bond donors (Lipinski definition) is 0. The van der Waals surface area contributed by atoms with Gasteiger partial charge in [-0.05, 0) is 49.6 Å². The van der Waals surface area contributed by atoms with Gasteiger partial charge in [0, 0.05) is 43.3 Å². The molecule has 4 heterocycles. The number of amides is 2. The molecule has 1 aliphatic carbocycles. The fourth-order valence-corrected chi connectivity index (χ4v) is 6.17. The van der Waals surface area contributed by atoms with E-state index in [2.05, 4.69) is 22.6 Å². The van der Waals surface area contributed by atoms with Gasteiger partial charge < -0.3 is 9.80 Å². The zero-order valence-electron chi connectivity index (χ0n) is 16.8. The Hall–Kier alpha value is -2.15. The minimum atomic E-state index is -0.330. The molecule has 1 saturated carbocycles. The summed E-state index contributed by atoms with van der Waals surface area (Å²) in [5.74, 6) is 0.273. The molecule has 154 valence electrons. The van der Waals surface area contributed by atoms with Gasteiger partial charge >= 0.3 is 0 Å². The van der Waals surface area contributed by atoms with Crippen LogP contribution in [-0.4, -0.2) is 57.6 Å². The number of aryl methyl sites for hydroxylation is 2. The van der Waals surface area contributed by atoms with Gasteiger partial charge in [-0.25, -0.2) is 0 Å². The Morgan fingerprint density at radius 2 is 1.72 bits per heavy atom. The van der Waals surface area contributed by atoms with Crippen molar-refractivity contribution in [3.8, 4) is 0 Å². The zero-order chi connectivity index (χ0) is 19.8. The lowest BCUT2D eigenvalue weighted by atomic mass is 9.82. The van der Waals surface area contributed by atoms with Crippen molar-refractivity contribution in [2.45, 2.75) is 56.9 Å². The largest absolute Gasteiger partial charge is 0.338 e. The Kier molecular flexibility index (Phi) is 4.94. The van der Waals surface area contributed by atoms with Crippen LogP contribution in [0.5, 0.6) is 0 Å². The van der Waals surface area contributed by atoms with Crippen LogP contribution in [0.15, 0.2) is 23.6 Å². The summed E-state index contributed by atoms with van der Waals surface area (Å²) in [6.45, 7) is 3.33. The summed E-state index contributed by atoms with van der Waals surface area (Å²) in [5, 5.41) is 6.61. The molecule has 0 unspecified atom stereocenters. The number of rotatable bonds is 3. The maximum atomic E-state index is 13.5. The van der Waals surface area contributed by atoms with Crippen LogP contribution < -0.4 is 0 Å². The van der Waals surface area contributed by atoms with Gasteiger partial charge in [0.05, 0.1) is 5.41 Å². The SMILES string of the molecule is O=C(c1cc2n(n1)CCCC2)N1CCN(C(=O)C2(c3cccs3)CCCC2)CC1. The molecule has 3 aliphatic rings. The van der Waals surface area contributed by atoms with Gasteiger partial charge in [0.15, 0.2) is 5.69 Å². The molecule has 2 fully saturated rings. The van der Waals surface area contributed by atoms with Crippen molar-refractivity contribution >= 4 is 23.2 Å². The molecule has 29 heavy (non-hydrogen) atoms. The van der Waals surface area contributed by atoms with E-state index in [4.69, 9.17) is 0 Å². The molecule has 0 radical (unpaired) electrons. The Balaban J connectivity index is 1.26. The molecular formula is C22H28N4O2S. The van der Waals surface area contributed by atoms with Gasteiger partial charge in [-0.3, -0.25) is 14.3 Å². The van der Waals surface area contributed by atoms with Crippen LogP contribution in [0, 0.1) is 0 Å². The number of carbonyl (C=O) groups is 2. The molecule has 2 amide bonds. The minimum Gasteiger partial charge on any atom is -0.338 e. The molecule has 2 aromatic heterocycles. The van der Waals surface area contributed by atoms with E-state index >= 15 is 0 Å². The van der Waals surface area contributed by atoms with Gasteiger partial charge in [0.25, 0.3) is 5.91 Å². The highest BCUT2D eigenvalue weighted by molar-refractivity contribution is 7.10. The molecule has 0 aromatic carbocycles. The molecule has 0 atom stereocenters. The predicted molar refractivity (Wildman–Crippen MR) is 112 cm³/mol. The highest BCUT2D eigenvalue weighted by Crippen LogP contribution is 2.44. The molecule has 0 bridgehead atoms. The van der Waals surface area contributed by atoms with E-state index in [1.54, 1.807) is 11.3 Å². The Labute approximate surface area is 175 Å². The molecular weight excluding hydrogens is 384 g/mol. The lowest BCUT2D eigenvalue weighted by Gasteiger charge is -2.39. The van der Waals surface area contributed by atoms with Gasteiger partial charge in [0.1, 0.15) is 0 Å². The van der Waals surface area contributed by atoms with E-state index in [0.29, 0.717) is 31.9 Å². The number of aromatic nitrogens is 2. The van der Waals surface area contributed by atoms with Crippen LogP contribution in [0.2, 0.25) is 0 Å². The van der Waals surface area contributed by atoms with Crippen LogP contribution in [0.3, 0.4) is 0 Å². The van der Waals surface area contributed by atoms with Crippen molar-refractivity contribution in [1.29, 1.82) is 0 Å². The first kappa shape index (κ1) is 18.9. The third-order valence-electron chi connectivity index (χ3n) is 6.85. The van der Waals surface area contributed by atoms with Crippen LogP contribution in [0.25, 0.3) is 0 Å². The Morgan fingerprint density at radius 3 is 2.41 bits per heavy atom. The lowest BCUT2D eigenvalue weighted by Crippen LogP contribution is -2.55. The topological polar surface area (TPSA) is 58.4 Å². The zero-order valence-corrected chi connectivity index (χ0v) is 17.6. The van der Waals surface area contributed by atoms with Gasteiger partial charge in [0.2, 0.25) is 5.91 Å². The molecule has 1 saturated heterocycles. The molecule has 0 spiro atoms. The van der Waals surface area contributed by atoms with Crippen LogP contribution in [0.4, 0.5) is 0 Å². The minimum absolute atomic E-state index is 0.00726. The average Bonchev–Trinajstić information content (AvgIpc) is 3.53. The van der Waals surface area contributed by atoms with Crippen molar-refractivity contribution in [2.24, 2.45) is 0 Å². The monoisotopic (exact) mass is 412 g/mol. The summed E-state index contributed by atoms with van der Waals surface area (Å²) in [5.41, 5.74) is 1.41. The normalized spacial score (nSPS) is 21.2. The Morgan fingerprint density at radius 1 is 0.966 bits per heavy atom. The van der Waals surface area contributed by atoms with Crippen LogP contribution >= 0.6 is 11.3 Å². The van der Waals surface area contributed by atoms with Crippen molar-refractivity contribution in [2.75, 3.05) is 26.2 Å². The maximum absolute atomic E-state index is 13.5. The molecule has 7 heteroatoms. The number of fused-ring (bicyclic) bond motifs is 1. The summed E-state index contributed by atoms with van der Waals surface area (Å²) >= 11 is 1.70. The van der Waals surface area contributed by atoms with Crippen LogP contribution in [-0.2, 0) is 23.2 Å². The summed E-state index contributed by atoms with van der Waals surface area (Å²) in [6.07, 6.45) is 7.45. The fraction of sp³-hybridized carbons (Fsp3) is 0.591. The van der Waals surface area contributed by atoms with Gasteiger partial charge in [-0.15, -0.1) is 11.3 Å². The molecule has 5 rings (SSSR count). The quantitative estimate of drug-likeness (QED) is 0.778. The standard InChI is InChI=1S/C22H28N4O2S/c27-20(18-16-17-6-1-4-10-26(17)23-18)24-11-13-25(14-12-24)21(28)22(8-2-3-9-22)19-7-5-15-29-19/h5,7,15-16H,1-4,6,8-14H2. The van der Waals surface area contributed by atoms with Crippen molar-refractivity contribution < 1.29 is 9.59 Å².